The lowest BCUT2D eigenvalue weighted by atomic mass is 10.0. The molecule has 0 fully saturated rings. The van der Waals surface area contributed by atoms with Crippen molar-refractivity contribution >= 4 is 0 Å². The van der Waals surface area contributed by atoms with E-state index in [-0.39, 0.29) is 0 Å². The lowest BCUT2D eigenvalue weighted by molar-refractivity contribution is 0.499. The molecule has 0 aliphatic carbocycles. The van der Waals surface area contributed by atoms with Crippen LogP contribution in [0, 0.1) is 0 Å². The van der Waals surface area contributed by atoms with Gasteiger partial charge in [0.2, 0.25) is 0 Å². The molecule has 0 saturated carbocycles. The van der Waals surface area contributed by atoms with Crippen LogP contribution >= 0.6 is 0 Å². The SMILES string of the molecule is CCCCCCCCC1=CCN(C)C=C1. The van der Waals surface area contributed by atoms with Gasteiger partial charge in [0.15, 0.2) is 0 Å². The molecule has 0 spiro atoms. The molecule has 0 aromatic rings. The minimum atomic E-state index is 1.08. The molecule has 1 heterocycles. The molecule has 0 bridgehead atoms. The Morgan fingerprint density at radius 3 is 2.53 bits per heavy atom. The van der Waals surface area contributed by atoms with E-state index in [1.165, 1.54) is 50.5 Å². The predicted molar refractivity (Wildman–Crippen MR) is 67.8 cm³/mol. The van der Waals surface area contributed by atoms with E-state index in [0.29, 0.717) is 0 Å². The second kappa shape index (κ2) is 7.56. The Bertz CT molecular complexity index is 215. The van der Waals surface area contributed by atoms with E-state index in [1.54, 1.807) is 0 Å². The molecule has 15 heavy (non-hydrogen) atoms. The second-order valence-electron chi connectivity index (χ2n) is 4.55. The summed E-state index contributed by atoms with van der Waals surface area (Å²) in [5, 5.41) is 0. The molecule has 1 aliphatic rings. The Kier molecular flexibility index (Phi) is 6.22. The number of allylic oxidation sites excluding steroid dienone is 2. The minimum absolute atomic E-state index is 1.08. The van der Waals surface area contributed by atoms with Crippen LogP contribution in [0.2, 0.25) is 0 Å². The summed E-state index contributed by atoms with van der Waals surface area (Å²) in [6.45, 7) is 3.36. The Morgan fingerprint density at radius 1 is 1.13 bits per heavy atom. The van der Waals surface area contributed by atoms with Crippen molar-refractivity contribution in [1.29, 1.82) is 0 Å². The number of unbranched alkanes of at least 4 members (excludes halogenated alkanes) is 5. The molecular weight excluding hydrogens is 182 g/mol. The van der Waals surface area contributed by atoms with Crippen molar-refractivity contribution in [2.24, 2.45) is 0 Å². The summed E-state index contributed by atoms with van der Waals surface area (Å²) in [4.78, 5) is 2.21. The zero-order chi connectivity index (χ0) is 10.9. The second-order valence-corrected chi connectivity index (χ2v) is 4.55. The fraction of sp³-hybridized carbons (Fsp3) is 0.714. The number of nitrogens with zero attached hydrogens (tertiary/aromatic N) is 1. The van der Waals surface area contributed by atoms with Gasteiger partial charge in [-0.3, -0.25) is 0 Å². The fourth-order valence-corrected chi connectivity index (χ4v) is 1.91. The molecule has 0 amide bonds. The van der Waals surface area contributed by atoms with Gasteiger partial charge in [-0.05, 0) is 30.7 Å². The van der Waals surface area contributed by atoms with E-state index >= 15 is 0 Å². The van der Waals surface area contributed by atoms with Gasteiger partial charge in [-0.2, -0.15) is 0 Å². The monoisotopic (exact) mass is 207 g/mol. The van der Waals surface area contributed by atoms with Crippen LogP contribution in [-0.2, 0) is 0 Å². The van der Waals surface area contributed by atoms with Crippen molar-refractivity contribution in [1.82, 2.24) is 4.90 Å². The highest BCUT2D eigenvalue weighted by Gasteiger charge is 1.99. The van der Waals surface area contributed by atoms with Gasteiger partial charge < -0.3 is 4.90 Å². The smallest absolute Gasteiger partial charge is 0.0356 e. The van der Waals surface area contributed by atoms with Crippen LogP contribution in [0.15, 0.2) is 23.9 Å². The highest BCUT2D eigenvalue weighted by Crippen LogP contribution is 2.15. The normalized spacial score (nSPS) is 15.6. The van der Waals surface area contributed by atoms with Crippen molar-refractivity contribution in [2.75, 3.05) is 13.6 Å². The fourth-order valence-electron chi connectivity index (χ4n) is 1.91. The van der Waals surface area contributed by atoms with E-state index in [9.17, 15) is 0 Å². The van der Waals surface area contributed by atoms with Gasteiger partial charge in [0.1, 0.15) is 0 Å². The first-order valence-electron chi connectivity index (χ1n) is 6.40. The van der Waals surface area contributed by atoms with Gasteiger partial charge in [0, 0.05) is 13.6 Å². The van der Waals surface area contributed by atoms with Crippen LogP contribution in [-0.4, -0.2) is 18.5 Å². The molecule has 1 rings (SSSR count). The maximum Gasteiger partial charge on any atom is 0.0356 e. The van der Waals surface area contributed by atoms with Crippen LogP contribution in [0.1, 0.15) is 51.9 Å². The molecule has 1 aliphatic heterocycles. The molecule has 0 aromatic heterocycles. The average molecular weight is 207 g/mol. The summed E-state index contributed by atoms with van der Waals surface area (Å²) in [6, 6.07) is 0. The van der Waals surface area contributed by atoms with Crippen LogP contribution in [0.4, 0.5) is 0 Å². The molecule has 1 heteroatoms. The molecular formula is C14H25N. The third kappa shape index (κ3) is 5.66. The summed E-state index contributed by atoms with van der Waals surface area (Å²) < 4.78 is 0. The van der Waals surface area contributed by atoms with Crippen LogP contribution in [0.3, 0.4) is 0 Å². The van der Waals surface area contributed by atoms with Gasteiger partial charge in [-0.15, -0.1) is 0 Å². The van der Waals surface area contributed by atoms with Crippen molar-refractivity contribution in [3.8, 4) is 0 Å². The van der Waals surface area contributed by atoms with Crippen molar-refractivity contribution in [3.05, 3.63) is 23.9 Å². The lowest BCUT2D eigenvalue weighted by Crippen LogP contribution is -2.13. The Morgan fingerprint density at radius 2 is 1.87 bits per heavy atom. The highest BCUT2D eigenvalue weighted by atomic mass is 15.1. The van der Waals surface area contributed by atoms with Gasteiger partial charge in [0.05, 0.1) is 0 Å². The third-order valence-electron chi connectivity index (χ3n) is 3.00. The first-order valence-corrected chi connectivity index (χ1v) is 6.40. The molecule has 0 atom stereocenters. The van der Waals surface area contributed by atoms with E-state index in [1.807, 2.05) is 0 Å². The zero-order valence-electron chi connectivity index (χ0n) is 10.3. The zero-order valence-corrected chi connectivity index (χ0v) is 10.3. The highest BCUT2D eigenvalue weighted by molar-refractivity contribution is 5.22. The van der Waals surface area contributed by atoms with Crippen molar-refractivity contribution < 1.29 is 0 Å². The van der Waals surface area contributed by atoms with E-state index in [4.69, 9.17) is 0 Å². The number of rotatable bonds is 7. The molecule has 1 nitrogen and oxygen atoms in total. The summed E-state index contributed by atoms with van der Waals surface area (Å²) in [5.41, 5.74) is 1.53. The minimum Gasteiger partial charge on any atom is -0.377 e. The Balaban J connectivity index is 1.99. The molecule has 0 radical (unpaired) electrons. The number of hydrogen-bond donors (Lipinski definition) is 0. The first kappa shape index (κ1) is 12.4. The molecule has 0 N–H and O–H groups in total. The van der Waals surface area contributed by atoms with Crippen molar-refractivity contribution in [3.63, 3.8) is 0 Å². The van der Waals surface area contributed by atoms with Crippen LogP contribution < -0.4 is 0 Å². The summed E-state index contributed by atoms with van der Waals surface area (Å²) in [6.07, 6.45) is 16.4. The molecule has 0 unspecified atom stereocenters. The first-order chi connectivity index (χ1) is 7.33. The average Bonchev–Trinajstić information content (AvgIpc) is 2.26. The van der Waals surface area contributed by atoms with Gasteiger partial charge in [0.25, 0.3) is 0 Å². The van der Waals surface area contributed by atoms with Crippen LogP contribution in [0.5, 0.6) is 0 Å². The Hall–Kier alpha value is -0.720. The van der Waals surface area contributed by atoms with Crippen molar-refractivity contribution in [2.45, 2.75) is 51.9 Å². The van der Waals surface area contributed by atoms with Crippen LogP contribution in [0.25, 0.3) is 0 Å². The third-order valence-corrected chi connectivity index (χ3v) is 3.00. The van der Waals surface area contributed by atoms with E-state index in [0.717, 1.165) is 6.54 Å². The summed E-state index contributed by atoms with van der Waals surface area (Å²) in [5.74, 6) is 0. The number of hydrogen-bond acceptors (Lipinski definition) is 1. The van der Waals surface area contributed by atoms with Gasteiger partial charge in [-0.25, -0.2) is 0 Å². The standard InChI is InChI=1S/C14H25N/c1-3-4-5-6-7-8-9-14-10-12-15(2)13-11-14/h10-12H,3-9,13H2,1-2H3. The number of likely N-dealkylation sites (N-methyl/N-ethyl adjacent to an activating group) is 1. The van der Waals surface area contributed by atoms with E-state index in [2.05, 4.69) is 37.2 Å². The lowest BCUT2D eigenvalue weighted by Gasteiger charge is -2.16. The summed E-state index contributed by atoms with van der Waals surface area (Å²) >= 11 is 0. The molecule has 0 aromatic carbocycles. The van der Waals surface area contributed by atoms with E-state index < -0.39 is 0 Å². The van der Waals surface area contributed by atoms with Gasteiger partial charge in [-0.1, -0.05) is 45.1 Å². The topological polar surface area (TPSA) is 3.24 Å². The Labute approximate surface area is 94.9 Å². The molecule has 0 saturated heterocycles. The summed E-state index contributed by atoms with van der Waals surface area (Å²) in [7, 11) is 2.12. The quantitative estimate of drug-likeness (QED) is 0.568. The maximum absolute atomic E-state index is 2.35. The maximum atomic E-state index is 2.35. The van der Waals surface area contributed by atoms with Gasteiger partial charge >= 0.3 is 0 Å². The molecule has 86 valence electrons. The largest absolute Gasteiger partial charge is 0.377 e. The predicted octanol–water partition coefficient (Wildman–Crippen LogP) is 4.12.